The van der Waals surface area contributed by atoms with E-state index in [0.29, 0.717) is 23.6 Å². The molecule has 0 atom stereocenters. The number of ether oxygens (including phenoxy) is 1. The van der Waals surface area contributed by atoms with Crippen molar-refractivity contribution in [3.63, 3.8) is 0 Å². The third-order valence-electron chi connectivity index (χ3n) is 3.04. The Morgan fingerprint density at radius 2 is 1.95 bits per heavy atom. The maximum atomic E-state index is 8.90. The molecular formula is C16H14N4O. The van der Waals surface area contributed by atoms with Gasteiger partial charge in [-0.1, -0.05) is 18.2 Å². The molecule has 0 saturated heterocycles. The zero-order chi connectivity index (χ0) is 14.7. The zero-order valence-corrected chi connectivity index (χ0v) is 11.3. The summed E-state index contributed by atoms with van der Waals surface area (Å²) in [7, 11) is 0. The third-order valence-corrected chi connectivity index (χ3v) is 3.04. The fourth-order valence-electron chi connectivity index (χ4n) is 2.08. The Bertz CT molecular complexity index is 719. The van der Waals surface area contributed by atoms with Gasteiger partial charge in [-0.3, -0.25) is 5.01 Å². The number of hydrazine groups is 1. The summed E-state index contributed by atoms with van der Waals surface area (Å²) >= 11 is 0. The molecule has 2 aromatic carbocycles. The largest absolute Gasteiger partial charge is 0.457 e. The molecule has 0 spiro atoms. The molecule has 21 heavy (non-hydrogen) atoms. The Kier molecular flexibility index (Phi) is 3.46. The Morgan fingerprint density at radius 1 is 1.14 bits per heavy atom. The summed E-state index contributed by atoms with van der Waals surface area (Å²) in [5.41, 5.74) is 11.1. The summed E-state index contributed by atoms with van der Waals surface area (Å²) in [4.78, 5) is 0. The van der Waals surface area contributed by atoms with E-state index in [1.807, 2.05) is 42.5 Å². The van der Waals surface area contributed by atoms with Gasteiger partial charge in [-0.05, 0) is 18.2 Å². The normalized spacial score (nSPS) is 13.7. The summed E-state index contributed by atoms with van der Waals surface area (Å²) in [5.74, 6) is 1.40. The number of nitrogen functional groups attached to an aromatic ring is 1. The predicted octanol–water partition coefficient (Wildman–Crippen LogP) is 2.79. The molecule has 5 nitrogen and oxygen atoms in total. The molecule has 3 rings (SSSR count). The van der Waals surface area contributed by atoms with Crippen molar-refractivity contribution in [3.05, 3.63) is 60.3 Å². The number of nitrogens with zero attached hydrogens (tertiary/aromatic N) is 2. The lowest BCUT2D eigenvalue weighted by Gasteiger charge is -2.17. The standard InChI is InChI=1S/C16H14N4O/c17-9-12-10-19-20(11-12)14-6-13(18)7-16(8-14)21-15-4-2-1-3-5-15/h1-8,11,19H,10,18H2. The Balaban J connectivity index is 1.87. The maximum Gasteiger partial charge on any atom is 0.131 e. The van der Waals surface area contributed by atoms with Crippen molar-refractivity contribution < 1.29 is 4.74 Å². The van der Waals surface area contributed by atoms with E-state index < -0.39 is 0 Å². The summed E-state index contributed by atoms with van der Waals surface area (Å²) in [6, 6.07) is 17.1. The van der Waals surface area contributed by atoms with Crippen molar-refractivity contribution in [2.45, 2.75) is 0 Å². The fourth-order valence-corrected chi connectivity index (χ4v) is 2.08. The number of benzene rings is 2. The van der Waals surface area contributed by atoms with Crippen LogP contribution in [0.4, 0.5) is 11.4 Å². The van der Waals surface area contributed by atoms with Crippen LogP contribution in [0.25, 0.3) is 0 Å². The monoisotopic (exact) mass is 278 g/mol. The minimum Gasteiger partial charge on any atom is -0.457 e. The minimum absolute atomic E-state index is 0.514. The van der Waals surface area contributed by atoms with Crippen molar-refractivity contribution in [2.75, 3.05) is 17.3 Å². The number of nitrogens with one attached hydrogen (secondary N) is 1. The first-order valence-corrected chi connectivity index (χ1v) is 6.51. The van der Waals surface area contributed by atoms with Gasteiger partial charge >= 0.3 is 0 Å². The summed E-state index contributed by atoms with van der Waals surface area (Å²) in [6.07, 6.45) is 1.75. The smallest absolute Gasteiger partial charge is 0.131 e. The second-order valence-electron chi connectivity index (χ2n) is 4.65. The summed E-state index contributed by atoms with van der Waals surface area (Å²) < 4.78 is 5.79. The highest BCUT2D eigenvalue weighted by Gasteiger charge is 2.14. The lowest BCUT2D eigenvalue weighted by molar-refractivity contribution is 0.483. The van der Waals surface area contributed by atoms with Gasteiger partial charge in [0.05, 0.1) is 23.9 Å². The topological polar surface area (TPSA) is 74.3 Å². The van der Waals surface area contributed by atoms with Crippen LogP contribution in [0.3, 0.4) is 0 Å². The first-order chi connectivity index (χ1) is 10.2. The molecule has 0 amide bonds. The van der Waals surface area contributed by atoms with E-state index in [2.05, 4.69) is 11.5 Å². The van der Waals surface area contributed by atoms with E-state index in [1.54, 1.807) is 17.3 Å². The lowest BCUT2D eigenvalue weighted by Crippen LogP contribution is -2.28. The number of anilines is 2. The van der Waals surface area contributed by atoms with Gasteiger partial charge in [-0.25, -0.2) is 5.43 Å². The first kappa shape index (κ1) is 13.0. The molecular weight excluding hydrogens is 264 g/mol. The molecule has 0 unspecified atom stereocenters. The molecule has 5 heteroatoms. The van der Waals surface area contributed by atoms with Gasteiger partial charge in [-0.2, -0.15) is 5.26 Å². The molecule has 0 aromatic heterocycles. The van der Waals surface area contributed by atoms with Gasteiger partial charge in [0.2, 0.25) is 0 Å². The Morgan fingerprint density at radius 3 is 2.67 bits per heavy atom. The average Bonchev–Trinajstić information content (AvgIpc) is 2.97. The average molecular weight is 278 g/mol. The Labute approximate surface area is 122 Å². The number of nitrogens with two attached hydrogens (primary N) is 1. The molecule has 104 valence electrons. The number of nitriles is 1. The van der Waals surface area contributed by atoms with Crippen LogP contribution >= 0.6 is 0 Å². The molecule has 0 bridgehead atoms. The second-order valence-corrected chi connectivity index (χ2v) is 4.65. The molecule has 2 aromatic rings. The number of para-hydroxylation sites is 1. The van der Waals surface area contributed by atoms with Crippen LogP contribution in [0.5, 0.6) is 11.5 Å². The highest BCUT2D eigenvalue weighted by atomic mass is 16.5. The zero-order valence-electron chi connectivity index (χ0n) is 11.3. The van der Waals surface area contributed by atoms with Crippen LogP contribution < -0.4 is 20.9 Å². The van der Waals surface area contributed by atoms with Gasteiger partial charge in [0.1, 0.15) is 11.5 Å². The quantitative estimate of drug-likeness (QED) is 0.844. The van der Waals surface area contributed by atoms with Gasteiger partial charge in [0, 0.05) is 24.0 Å². The number of rotatable bonds is 3. The molecule has 0 fully saturated rings. The van der Waals surface area contributed by atoms with Gasteiger partial charge < -0.3 is 10.5 Å². The molecule has 0 radical (unpaired) electrons. The van der Waals surface area contributed by atoms with Crippen LogP contribution in [0.2, 0.25) is 0 Å². The maximum absolute atomic E-state index is 8.90. The van der Waals surface area contributed by atoms with Gasteiger partial charge in [0.25, 0.3) is 0 Å². The number of hydrogen-bond acceptors (Lipinski definition) is 5. The van der Waals surface area contributed by atoms with E-state index in [1.165, 1.54) is 0 Å². The van der Waals surface area contributed by atoms with Crippen LogP contribution in [-0.4, -0.2) is 6.54 Å². The molecule has 0 aliphatic carbocycles. The predicted molar refractivity (Wildman–Crippen MR) is 81.5 cm³/mol. The van der Waals surface area contributed by atoms with Crippen LogP contribution in [0, 0.1) is 11.3 Å². The van der Waals surface area contributed by atoms with E-state index in [-0.39, 0.29) is 0 Å². The van der Waals surface area contributed by atoms with Crippen LogP contribution in [-0.2, 0) is 0 Å². The highest BCUT2D eigenvalue weighted by molar-refractivity contribution is 5.63. The van der Waals surface area contributed by atoms with Crippen molar-refractivity contribution in [1.29, 1.82) is 5.26 Å². The highest BCUT2D eigenvalue weighted by Crippen LogP contribution is 2.29. The Hall–Kier alpha value is -2.97. The van der Waals surface area contributed by atoms with Gasteiger partial charge in [-0.15, -0.1) is 0 Å². The van der Waals surface area contributed by atoms with E-state index in [0.717, 1.165) is 11.4 Å². The van der Waals surface area contributed by atoms with Gasteiger partial charge in [0.15, 0.2) is 0 Å². The molecule has 3 N–H and O–H groups in total. The molecule has 1 aliphatic heterocycles. The van der Waals surface area contributed by atoms with Crippen LogP contribution in [0.15, 0.2) is 60.3 Å². The fraction of sp³-hybridized carbons (Fsp3) is 0.0625. The lowest BCUT2D eigenvalue weighted by atomic mass is 10.2. The molecule has 0 saturated carbocycles. The molecule has 1 aliphatic rings. The summed E-state index contributed by atoms with van der Waals surface area (Å²) in [5, 5.41) is 10.7. The van der Waals surface area contributed by atoms with Crippen molar-refractivity contribution in [3.8, 4) is 17.6 Å². The summed E-state index contributed by atoms with van der Waals surface area (Å²) in [6.45, 7) is 0.514. The second kappa shape index (κ2) is 5.57. The first-order valence-electron chi connectivity index (χ1n) is 6.51. The van der Waals surface area contributed by atoms with Crippen molar-refractivity contribution >= 4 is 11.4 Å². The third kappa shape index (κ3) is 2.96. The SMILES string of the molecule is N#CC1=CN(c2cc(N)cc(Oc3ccccc3)c2)NC1. The van der Waals surface area contributed by atoms with E-state index in [4.69, 9.17) is 15.7 Å². The van der Waals surface area contributed by atoms with Crippen LogP contribution in [0.1, 0.15) is 0 Å². The van der Waals surface area contributed by atoms with E-state index in [9.17, 15) is 0 Å². The van der Waals surface area contributed by atoms with E-state index >= 15 is 0 Å². The number of hydrogen-bond donors (Lipinski definition) is 2. The van der Waals surface area contributed by atoms with Crippen molar-refractivity contribution in [1.82, 2.24) is 5.43 Å². The molecule has 1 heterocycles. The van der Waals surface area contributed by atoms with Crippen molar-refractivity contribution in [2.24, 2.45) is 0 Å². The minimum atomic E-state index is 0.514.